The molecule has 0 radical (unpaired) electrons. The molecule has 1 unspecified atom stereocenters. The Balaban J connectivity index is 2.06. The Hall–Kier alpha value is -1.18. The van der Waals surface area contributed by atoms with Crippen molar-refractivity contribution in [3.63, 3.8) is 0 Å². The maximum atomic E-state index is 6.48. The monoisotopic (exact) mass is 453 g/mol. The van der Waals surface area contributed by atoms with Gasteiger partial charge in [-0.15, -0.1) is 0 Å². The second kappa shape index (κ2) is 6.29. The van der Waals surface area contributed by atoms with E-state index < -0.39 is 0 Å². The van der Waals surface area contributed by atoms with Crippen LogP contribution in [-0.4, -0.2) is 9.78 Å². The normalized spacial score (nSPS) is 12.3. The Bertz CT molecular complexity index is 755. The molecule has 0 bridgehead atoms. The highest BCUT2D eigenvalue weighted by atomic mass is 127. The van der Waals surface area contributed by atoms with Crippen LogP contribution >= 0.6 is 38.5 Å². The van der Waals surface area contributed by atoms with E-state index in [-0.39, 0.29) is 6.04 Å². The van der Waals surface area contributed by atoms with Gasteiger partial charge in [0, 0.05) is 14.2 Å². The quantitative estimate of drug-likeness (QED) is 0.601. The van der Waals surface area contributed by atoms with E-state index in [1.165, 1.54) is 0 Å². The maximum Gasteiger partial charge on any atom is 0.0738 e. The van der Waals surface area contributed by atoms with Crippen molar-refractivity contribution in [3.8, 4) is 5.69 Å². The first-order chi connectivity index (χ1) is 10.2. The summed E-state index contributed by atoms with van der Waals surface area (Å²) in [6, 6.07) is 17.9. The smallest absolute Gasteiger partial charge is 0.0738 e. The number of nitrogens with two attached hydrogens (primary N) is 1. The molecule has 1 heterocycles. The first kappa shape index (κ1) is 14.7. The van der Waals surface area contributed by atoms with Crippen molar-refractivity contribution in [1.82, 2.24) is 9.78 Å². The largest absolute Gasteiger partial charge is 0.319 e. The van der Waals surface area contributed by atoms with E-state index in [9.17, 15) is 0 Å². The van der Waals surface area contributed by atoms with Gasteiger partial charge in [-0.2, -0.15) is 5.10 Å². The van der Waals surface area contributed by atoms with Gasteiger partial charge in [0.2, 0.25) is 0 Å². The number of hydrogen-bond donors (Lipinski definition) is 1. The molecule has 106 valence electrons. The lowest BCUT2D eigenvalue weighted by atomic mass is 10.0. The zero-order valence-electron chi connectivity index (χ0n) is 11.1. The number of aromatic nitrogens is 2. The third-order valence-electron chi connectivity index (χ3n) is 3.28. The Morgan fingerprint density at radius 1 is 1.10 bits per heavy atom. The summed E-state index contributed by atoms with van der Waals surface area (Å²) in [5.74, 6) is 0. The lowest BCUT2D eigenvalue weighted by molar-refractivity contribution is 0.736. The standard InChI is InChI=1S/C16H13BrIN3/c17-11-6-7-14(18)13(10-11)16(19)15-8-9-20-21(15)12-4-2-1-3-5-12/h1-10,16H,19H2. The van der Waals surface area contributed by atoms with Gasteiger partial charge >= 0.3 is 0 Å². The van der Waals surface area contributed by atoms with Gasteiger partial charge in [-0.25, -0.2) is 4.68 Å². The minimum atomic E-state index is -0.225. The molecule has 3 nitrogen and oxygen atoms in total. The number of halogens is 2. The van der Waals surface area contributed by atoms with Crippen molar-refractivity contribution < 1.29 is 0 Å². The zero-order valence-corrected chi connectivity index (χ0v) is 14.8. The summed E-state index contributed by atoms with van der Waals surface area (Å²) in [6.45, 7) is 0. The first-order valence-corrected chi connectivity index (χ1v) is 8.34. The number of para-hydroxylation sites is 1. The molecule has 0 fully saturated rings. The van der Waals surface area contributed by atoms with Crippen molar-refractivity contribution in [2.24, 2.45) is 5.73 Å². The van der Waals surface area contributed by atoms with Gasteiger partial charge in [0.15, 0.2) is 0 Å². The second-order valence-electron chi connectivity index (χ2n) is 4.65. The zero-order chi connectivity index (χ0) is 14.8. The van der Waals surface area contributed by atoms with Crippen LogP contribution in [0.25, 0.3) is 5.69 Å². The summed E-state index contributed by atoms with van der Waals surface area (Å²) in [4.78, 5) is 0. The predicted molar refractivity (Wildman–Crippen MR) is 96.5 cm³/mol. The first-order valence-electron chi connectivity index (χ1n) is 6.46. The molecular formula is C16H13BrIN3. The van der Waals surface area contributed by atoms with Crippen molar-refractivity contribution in [2.45, 2.75) is 6.04 Å². The fourth-order valence-electron chi connectivity index (χ4n) is 2.25. The van der Waals surface area contributed by atoms with Crippen LogP contribution < -0.4 is 5.73 Å². The van der Waals surface area contributed by atoms with Crippen molar-refractivity contribution in [3.05, 3.63) is 80.1 Å². The Labute approximate surface area is 145 Å². The molecule has 0 spiro atoms. The summed E-state index contributed by atoms with van der Waals surface area (Å²) < 4.78 is 4.06. The number of nitrogens with zero attached hydrogens (tertiary/aromatic N) is 2. The minimum absolute atomic E-state index is 0.225. The highest BCUT2D eigenvalue weighted by Crippen LogP contribution is 2.28. The fourth-order valence-corrected chi connectivity index (χ4v) is 3.30. The molecule has 0 aliphatic rings. The minimum Gasteiger partial charge on any atom is -0.319 e. The van der Waals surface area contributed by atoms with Crippen LogP contribution in [-0.2, 0) is 0 Å². The van der Waals surface area contributed by atoms with Gasteiger partial charge in [-0.1, -0.05) is 34.1 Å². The molecule has 0 aliphatic carbocycles. The molecule has 0 saturated carbocycles. The molecule has 5 heteroatoms. The average Bonchev–Trinajstić information content (AvgIpc) is 2.99. The van der Waals surface area contributed by atoms with E-state index in [1.807, 2.05) is 47.1 Å². The van der Waals surface area contributed by atoms with Gasteiger partial charge in [0.25, 0.3) is 0 Å². The van der Waals surface area contributed by atoms with Crippen molar-refractivity contribution >= 4 is 38.5 Å². The highest BCUT2D eigenvalue weighted by Gasteiger charge is 2.17. The van der Waals surface area contributed by atoms with Crippen molar-refractivity contribution in [2.75, 3.05) is 0 Å². The van der Waals surface area contributed by atoms with Gasteiger partial charge in [-0.3, -0.25) is 0 Å². The average molecular weight is 454 g/mol. The molecule has 1 atom stereocenters. The number of benzene rings is 2. The van der Waals surface area contributed by atoms with Crippen LogP contribution in [0.15, 0.2) is 65.3 Å². The molecule has 21 heavy (non-hydrogen) atoms. The lowest BCUT2D eigenvalue weighted by Gasteiger charge is -2.16. The Kier molecular flexibility index (Phi) is 4.42. The number of rotatable bonds is 3. The summed E-state index contributed by atoms with van der Waals surface area (Å²) in [6.07, 6.45) is 1.78. The van der Waals surface area contributed by atoms with E-state index in [0.717, 1.165) is 25.0 Å². The summed E-state index contributed by atoms with van der Waals surface area (Å²) in [5.41, 5.74) is 9.55. The molecule has 3 aromatic rings. The molecule has 0 aliphatic heterocycles. The van der Waals surface area contributed by atoms with Crippen molar-refractivity contribution in [1.29, 1.82) is 0 Å². The van der Waals surface area contributed by atoms with Crippen LogP contribution in [0.3, 0.4) is 0 Å². The summed E-state index contributed by atoms with van der Waals surface area (Å²) in [5, 5.41) is 4.41. The van der Waals surface area contributed by atoms with Crippen LogP contribution in [0.2, 0.25) is 0 Å². The van der Waals surface area contributed by atoms with E-state index in [4.69, 9.17) is 5.73 Å². The van der Waals surface area contributed by atoms with E-state index in [2.05, 4.69) is 55.8 Å². The van der Waals surface area contributed by atoms with Gasteiger partial charge < -0.3 is 5.73 Å². The topological polar surface area (TPSA) is 43.8 Å². The second-order valence-corrected chi connectivity index (χ2v) is 6.72. The molecule has 0 amide bonds. The molecular weight excluding hydrogens is 441 g/mol. The molecule has 0 saturated heterocycles. The van der Waals surface area contributed by atoms with Gasteiger partial charge in [-0.05, 0) is 64.6 Å². The maximum absolute atomic E-state index is 6.48. The number of hydrogen-bond acceptors (Lipinski definition) is 2. The predicted octanol–water partition coefficient (Wildman–Crippen LogP) is 4.29. The van der Waals surface area contributed by atoms with Crippen LogP contribution in [0.5, 0.6) is 0 Å². The summed E-state index contributed by atoms with van der Waals surface area (Å²) in [7, 11) is 0. The van der Waals surface area contributed by atoms with E-state index in [0.29, 0.717) is 0 Å². The molecule has 2 aromatic carbocycles. The van der Waals surface area contributed by atoms with Crippen LogP contribution in [0.4, 0.5) is 0 Å². The third-order valence-corrected chi connectivity index (χ3v) is 4.76. The fraction of sp³-hybridized carbons (Fsp3) is 0.0625. The van der Waals surface area contributed by atoms with Gasteiger partial charge in [0.1, 0.15) is 0 Å². The molecule has 3 rings (SSSR count). The lowest BCUT2D eigenvalue weighted by Crippen LogP contribution is -2.17. The van der Waals surface area contributed by atoms with Crippen LogP contribution in [0, 0.1) is 3.57 Å². The van der Waals surface area contributed by atoms with E-state index >= 15 is 0 Å². The SMILES string of the molecule is NC(c1cc(Br)ccc1I)c1ccnn1-c1ccccc1. The Morgan fingerprint density at radius 3 is 2.62 bits per heavy atom. The highest BCUT2D eigenvalue weighted by molar-refractivity contribution is 14.1. The summed E-state index contributed by atoms with van der Waals surface area (Å²) >= 11 is 5.82. The molecule has 1 aromatic heterocycles. The Morgan fingerprint density at radius 2 is 1.86 bits per heavy atom. The van der Waals surface area contributed by atoms with E-state index in [1.54, 1.807) is 6.20 Å². The molecule has 2 N–H and O–H groups in total. The van der Waals surface area contributed by atoms with Crippen LogP contribution in [0.1, 0.15) is 17.3 Å². The van der Waals surface area contributed by atoms with Gasteiger partial charge in [0.05, 0.1) is 17.4 Å². The third kappa shape index (κ3) is 3.04.